The van der Waals surface area contributed by atoms with Gasteiger partial charge in [-0.05, 0) is 48.7 Å². The van der Waals surface area contributed by atoms with E-state index in [1.807, 2.05) is 0 Å². The summed E-state index contributed by atoms with van der Waals surface area (Å²) in [6, 6.07) is 8.90. The summed E-state index contributed by atoms with van der Waals surface area (Å²) in [6.45, 7) is 7.55. The Kier molecular flexibility index (Phi) is 8.85. The van der Waals surface area contributed by atoms with Crippen molar-refractivity contribution in [2.24, 2.45) is 0 Å². The quantitative estimate of drug-likeness (QED) is 0.176. The number of hydrogen-bond acceptors (Lipinski definition) is 5. The van der Waals surface area contributed by atoms with Crippen molar-refractivity contribution >= 4 is 25.2 Å². The van der Waals surface area contributed by atoms with Crippen LogP contribution in [0.2, 0.25) is 25.7 Å². The zero-order valence-electron chi connectivity index (χ0n) is 22.8. The van der Waals surface area contributed by atoms with Crippen LogP contribution in [0.5, 0.6) is 0 Å². The third kappa shape index (κ3) is 7.18. The van der Waals surface area contributed by atoms with Crippen LogP contribution in [-0.4, -0.2) is 65.5 Å². The molecule has 0 aliphatic carbocycles. The lowest BCUT2D eigenvalue weighted by Crippen LogP contribution is -2.47. The van der Waals surface area contributed by atoms with Crippen LogP contribution in [0, 0.1) is 5.82 Å². The highest BCUT2D eigenvalue weighted by molar-refractivity contribution is 6.76. The molecule has 1 amide bonds. The van der Waals surface area contributed by atoms with Gasteiger partial charge in [0.05, 0.1) is 24.3 Å². The summed E-state index contributed by atoms with van der Waals surface area (Å²) in [4.78, 5) is 12.8. The number of nitrogens with zero attached hydrogens (tertiary/aromatic N) is 4. The second-order valence-corrected chi connectivity index (χ2v) is 17.1. The highest BCUT2D eigenvalue weighted by Crippen LogP contribution is 2.37. The molecule has 40 heavy (non-hydrogen) atoms. The molecule has 4 rings (SSSR count). The predicted octanol–water partition coefficient (Wildman–Crippen LogP) is 6.13. The van der Waals surface area contributed by atoms with Crippen molar-refractivity contribution in [3.8, 4) is 0 Å². The first-order valence-electron chi connectivity index (χ1n) is 13.1. The van der Waals surface area contributed by atoms with Crippen LogP contribution in [0.15, 0.2) is 36.4 Å². The minimum Gasteiger partial charge on any atom is -0.465 e. The number of ether oxygens (including phenoxy) is 2. The summed E-state index contributed by atoms with van der Waals surface area (Å²) in [5, 5.41) is 17.5. The van der Waals surface area contributed by atoms with Crippen LogP contribution in [0.3, 0.4) is 0 Å². The molecule has 1 fully saturated rings. The third-order valence-corrected chi connectivity index (χ3v) is 9.02. The molecule has 8 nitrogen and oxygen atoms in total. The van der Waals surface area contributed by atoms with Gasteiger partial charge in [-0.2, -0.15) is 13.2 Å². The molecule has 1 aromatic heterocycles. The molecule has 1 aliphatic rings. The van der Waals surface area contributed by atoms with Crippen molar-refractivity contribution in [3.05, 3.63) is 58.9 Å². The Bertz CT molecular complexity index is 1320. The second kappa shape index (κ2) is 11.8. The number of halogens is 4. The van der Waals surface area contributed by atoms with Gasteiger partial charge in [0.25, 0.3) is 0 Å². The van der Waals surface area contributed by atoms with E-state index in [0.29, 0.717) is 25.0 Å². The van der Waals surface area contributed by atoms with E-state index < -0.39 is 37.1 Å². The molecule has 1 aliphatic heterocycles. The molecule has 0 saturated carbocycles. The van der Waals surface area contributed by atoms with Crippen LogP contribution < -0.4 is 0 Å². The summed E-state index contributed by atoms with van der Waals surface area (Å²) in [6.07, 6.45) is -4.76. The Morgan fingerprint density at radius 2 is 1.77 bits per heavy atom. The fourth-order valence-electron chi connectivity index (χ4n) is 4.84. The van der Waals surface area contributed by atoms with E-state index in [2.05, 4.69) is 30.0 Å². The number of piperidine rings is 1. The van der Waals surface area contributed by atoms with Crippen molar-refractivity contribution in [2.75, 3.05) is 26.3 Å². The Morgan fingerprint density at radius 1 is 1.10 bits per heavy atom. The molecule has 0 spiro atoms. The van der Waals surface area contributed by atoms with E-state index in [0.717, 1.165) is 23.7 Å². The molecular weight excluding hydrogens is 548 g/mol. The van der Waals surface area contributed by atoms with E-state index in [-0.39, 0.29) is 44.1 Å². The second-order valence-electron chi connectivity index (χ2n) is 11.5. The number of alkyl halides is 3. The third-order valence-electron chi connectivity index (χ3n) is 7.32. The molecule has 1 saturated heterocycles. The summed E-state index contributed by atoms with van der Waals surface area (Å²) in [5.74, 6) is -0.401. The SMILES string of the molecule is C[Si](C)(C)CCOCn1nnc2c(COCC3(c4ccc(F)cc4)CCN(C(=O)O)CC3)cc(C(F)(F)F)cc21. The minimum atomic E-state index is -4.59. The minimum absolute atomic E-state index is 0.0175. The summed E-state index contributed by atoms with van der Waals surface area (Å²) < 4.78 is 68.1. The van der Waals surface area contributed by atoms with Gasteiger partial charge in [-0.15, -0.1) is 5.10 Å². The number of hydrogen-bond donors (Lipinski definition) is 1. The number of fused-ring (bicyclic) bond motifs is 1. The molecule has 218 valence electrons. The predicted molar refractivity (Wildman–Crippen MR) is 143 cm³/mol. The lowest BCUT2D eigenvalue weighted by Gasteiger charge is -2.41. The molecule has 0 unspecified atom stereocenters. The number of amides is 1. The van der Waals surface area contributed by atoms with E-state index in [4.69, 9.17) is 9.47 Å². The first-order chi connectivity index (χ1) is 18.8. The molecule has 3 aromatic rings. The van der Waals surface area contributed by atoms with Gasteiger partial charge in [-0.3, -0.25) is 0 Å². The Labute approximate surface area is 230 Å². The van der Waals surface area contributed by atoms with Gasteiger partial charge in [-0.1, -0.05) is 37.0 Å². The fourth-order valence-corrected chi connectivity index (χ4v) is 5.59. The van der Waals surface area contributed by atoms with Crippen molar-refractivity contribution in [1.82, 2.24) is 19.9 Å². The van der Waals surface area contributed by atoms with Gasteiger partial charge in [-0.25, -0.2) is 13.9 Å². The van der Waals surface area contributed by atoms with E-state index >= 15 is 0 Å². The van der Waals surface area contributed by atoms with Crippen LogP contribution >= 0.6 is 0 Å². The number of carboxylic acid groups (broad SMARTS) is 1. The van der Waals surface area contributed by atoms with E-state index in [1.165, 1.54) is 21.7 Å². The lowest BCUT2D eigenvalue weighted by atomic mass is 9.73. The average Bonchev–Trinajstić information content (AvgIpc) is 3.29. The zero-order chi connectivity index (χ0) is 29.1. The standard InChI is InChI=1S/C27H34F4N4O4Si/c1-40(2,3)13-12-38-18-35-23-15-21(27(29,30)31)14-19(24(23)32-33-35)16-39-17-26(20-4-6-22(28)7-5-20)8-10-34(11-9-26)25(36)37/h4-7,14-15H,8-13,16-18H2,1-3H3,(H,36,37). The van der Waals surface area contributed by atoms with Gasteiger partial charge >= 0.3 is 12.3 Å². The van der Waals surface area contributed by atoms with Crippen molar-refractivity contribution in [2.45, 2.75) is 63.5 Å². The number of aromatic nitrogens is 3. The number of likely N-dealkylation sites (tertiary alicyclic amines) is 1. The summed E-state index contributed by atoms with van der Waals surface area (Å²) in [5.41, 5.74) is 0.0438. The molecular formula is C27H34F4N4O4Si. The van der Waals surface area contributed by atoms with E-state index in [9.17, 15) is 27.5 Å². The van der Waals surface area contributed by atoms with Crippen LogP contribution in [0.25, 0.3) is 11.0 Å². The topological polar surface area (TPSA) is 89.7 Å². The molecule has 0 radical (unpaired) electrons. The lowest BCUT2D eigenvalue weighted by molar-refractivity contribution is -0.137. The molecule has 13 heteroatoms. The number of carbonyl (C=O) groups is 1. The molecule has 1 N–H and O–H groups in total. The normalized spacial score (nSPS) is 16.0. The van der Waals surface area contributed by atoms with Gasteiger partial charge in [0.2, 0.25) is 0 Å². The van der Waals surface area contributed by atoms with Gasteiger partial charge in [0.1, 0.15) is 18.1 Å². The highest BCUT2D eigenvalue weighted by atomic mass is 28.3. The fraction of sp³-hybridized carbons (Fsp3) is 0.519. The van der Waals surface area contributed by atoms with Crippen LogP contribution in [0.1, 0.15) is 29.5 Å². The first kappa shape index (κ1) is 29.9. The van der Waals surface area contributed by atoms with Crippen LogP contribution in [-0.2, 0) is 34.4 Å². The summed E-state index contributed by atoms with van der Waals surface area (Å²) >= 11 is 0. The molecule has 2 aromatic carbocycles. The Balaban J connectivity index is 1.55. The van der Waals surface area contributed by atoms with Crippen LogP contribution in [0.4, 0.5) is 22.4 Å². The van der Waals surface area contributed by atoms with Gasteiger partial charge in [0, 0.05) is 38.7 Å². The summed E-state index contributed by atoms with van der Waals surface area (Å²) in [7, 11) is -1.33. The monoisotopic (exact) mass is 582 g/mol. The maximum absolute atomic E-state index is 13.8. The average molecular weight is 583 g/mol. The maximum atomic E-state index is 13.8. The van der Waals surface area contributed by atoms with E-state index in [1.54, 1.807) is 12.1 Å². The smallest absolute Gasteiger partial charge is 0.416 e. The molecule has 0 atom stereocenters. The Morgan fingerprint density at radius 3 is 2.38 bits per heavy atom. The highest BCUT2D eigenvalue weighted by Gasteiger charge is 2.38. The molecule has 0 bridgehead atoms. The van der Waals surface area contributed by atoms with Crippen molar-refractivity contribution < 1.29 is 36.9 Å². The van der Waals surface area contributed by atoms with Crippen molar-refractivity contribution in [3.63, 3.8) is 0 Å². The van der Waals surface area contributed by atoms with Gasteiger partial charge < -0.3 is 19.5 Å². The maximum Gasteiger partial charge on any atom is 0.416 e. The first-order valence-corrected chi connectivity index (χ1v) is 16.8. The largest absolute Gasteiger partial charge is 0.465 e. The van der Waals surface area contributed by atoms with Gasteiger partial charge in [0.15, 0.2) is 0 Å². The zero-order valence-corrected chi connectivity index (χ0v) is 23.8. The molecule has 2 heterocycles. The van der Waals surface area contributed by atoms with Crippen molar-refractivity contribution in [1.29, 1.82) is 0 Å². The Hall–Kier alpha value is -3.03. The number of rotatable bonds is 10. The number of benzene rings is 2.